The van der Waals surface area contributed by atoms with Gasteiger partial charge in [0.25, 0.3) is 0 Å². The largest absolute Gasteiger partial charge is 0.356 e. The van der Waals surface area contributed by atoms with Crippen molar-refractivity contribution in [1.82, 2.24) is 20.5 Å². The zero-order chi connectivity index (χ0) is 17.2. The lowest BCUT2D eigenvalue weighted by atomic mass is 10.2. The van der Waals surface area contributed by atoms with Crippen molar-refractivity contribution in [3.63, 3.8) is 0 Å². The van der Waals surface area contributed by atoms with Gasteiger partial charge in [0.2, 0.25) is 5.91 Å². The average molecular weight is 485 g/mol. The van der Waals surface area contributed by atoms with Crippen molar-refractivity contribution in [1.29, 1.82) is 0 Å². The minimum atomic E-state index is -0.0210. The number of rotatable bonds is 8. The number of guanidine groups is 1. The van der Waals surface area contributed by atoms with Gasteiger partial charge in [-0.3, -0.25) is 4.79 Å². The molecular weight excluding hydrogens is 457 g/mol. The van der Waals surface area contributed by atoms with Gasteiger partial charge in [-0.25, -0.2) is 9.98 Å². The third-order valence-corrected chi connectivity index (χ3v) is 4.52. The van der Waals surface area contributed by atoms with Crippen LogP contribution in [-0.4, -0.2) is 60.9 Å². The molecule has 1 rings (SSSR count). The molecule has 1 aromatic rings. The van der Waals surface area contributed by atoms with Gasteiger partial charge in [-0.05, 0) is 12.2 Å². The van der Waals surface area contributed by atoms with Crippen LogP contribution in [0.15, 0.2) is 10.4 Å². The lowest BCUT2D eigenvalue weighted by Gasteiger charge is -2.12. The van der Waals surface area contributed by atoms with Gasteiger partial charge in [0.05, 0.1) is 12.2 Å². The van der Waals surface area contributed by atoms with Gasteiger partial charge in [0, 0.05) is 31.8 Å². The second-order valence-corrected chi connectivity index (χ2v) is 7.48. The molecule has 0 aliphatic heterocycles. The highest BCUT2D eigenvalue weighted by atomic mass is 127. The Balaban J connectivity index is 0.00000529. The Morgan fingerprint density at radius 1 is 1.42 bits per heavy atom. The lowest BCUT2D eigenvalue weighted by molar-refractivity contribution is -0.127. The van der Waals surface area contributed by atoms with E-state index < -0.39 is 0 Å². The van der Waals surface area contributed by atoms with Crippen LogP contribution in [0.2, 0.25) is 0 Å². The van der Waals surface area contributed by atoms with Crippen molar-refractivity contribution in [2.45, 2.75) is 26.3 Å². The lowest BCUT2D eigenvalue weighted by Crippen LogP contribution is -2.39. The molecule has 0 aromatic carbocycles. The van der Waals surface area contributed by atoms with Crippen LogP contribution in [0.3, 0.4) is 0 Å². The molecule has 1 heterocycles. The molecule has 1 aromatic heterocycles. The average Bonchev–Trinajstić information content (AvgIpc) is 2.98. The second-order valence-electron chi connectivity index (χ2n) is 5.55. The summed E-state index contributed by atoms with van der Waals surface area (Å²) in [7, 11) is 3.46. The van der Waals surface area contributed by atoms with E-state index >= 15 is 0 Å². The first-order chi connectivity index (χ1) is 10.9. The molecule has 0 radical (unpaired) electrons. The molecule has 6 nitrogen and oxygen atoms in total. The van der Waals surface area contributed by atoms with Gasteiger partial charge in [0.15, 0.2) is 5.96 Å². The van der Waals surface area contributed by atoms with Crippen molar-refractivity contribution >= 4 is 58.9 Å². The number of hydrogen-bond donors (Lipinski definition) is 2. The minimum Gasteiger partial charge on any atom is -0.356 e. The van der Waals surface area contributed by atoms with E-state index in [1.54, 1.807) is 42.1 Å². The second kappa shape index (κ2) is 12.8. The quantitative estimate of drug-likeness (QED) is 0.256. The van der Waals surface area contributed by atoms with Gasteiger partial charge >= 0.3 is 0 Å². The molecule has 0 fully saturated rings. The third-order valence-electron chi connectivity index (χ3n) is 3.04. The smallest absolute Gasteiger partial charge is 0.243 e. The van der Waals surface area contributed by atoms with Crippen molar-refractivity contribution in [2.75, 3.05) is 39.2 Å². The fourth-order valence-electron chi connectivity index (χ4n) is 1.56. The molecule has 0 saturated heterocycles. The fourth-order valence-corrected chi connectivity index (χ4v) is 2.77. The van der Waals surface area contributed by atoms with Crippen LogP contribution in [0.1, 0.15) is 30.5 Å². The highest BCUT2D eigenvalue weighted by Gasteiger charge is 2.08. The highest BCUT2D eigenvalue weighted by molar-refractivity contribution is 14.0. The Bertz CT molecular complexity index is 520. The van der Waals surface area contributed by atoms with Crippen LogP contribution >= 0.6 is 47.1 Å². The highest BCUT2D eigenvalue weighted by Crippen LogP contribution is 2.17. The van der Waals surface area contributed by atoms with E-state index in [1.807, 2.05) is 0 Å². The number of halogens is 1. The van der Waals surface area contributed by atoms with E-state index in [4.69, 9.17) is 0 Å². The molecule has 24 heavy (non-hydrogen) atoms. The summed E-state index contributed by atoms with van der Waals surface area (Å²) >= 11 is 3.40. The SMILES string of the molecule is CSCCNC(=NCC(=O)N(C)C)NCc1nc(C(C)C)cs1.I. The summed E-state index contributed by atoms with van der Waals surface area (Å²) in [6.07, 6.45) is 2.06. The number of hydrogen-bond acceptors (Lipinski definition) is 5. The molecule has 1 amide bonds. The van der Waals surface area contributed by atoms with Crippen LogP contribution in [0.4, 0.5) is 0 Å². The van der Waals surface area contributed by atoms with E-state index in [0.717, 1.165) is 23.0 Å². The van der Waals surface area contributed by atoms with E-state index in [9.17, 15) is 4.79 Å². The summed E-state index contributed by atoms with van der Waals surface area (Å²) in [6, 6.07) is 0. The Morgan fingerprint density at radius 2 is 2.12 bits per heavy atom. The number of thioether (sulfide) groups is 1. The van der Waals surface area contributed by atoms with Crippen molar-refractivity contribution < 1.29 is 4.79 Å². The maximum atomic E-state index is 11.7. The van der Waals surface area contributed by atoms with Gasteiger partial charge in [-0.15, -0.1) is 35.3 Å². The number of aromatic nitrogens is 1. The first-order valence-electron chi connectivity index (χ1n) is 7.59. The predicted molar refractivity (Wildman–Crippen MR) is 116 cm³/mol. The number of nitrogens with zero attached hydrogens (tertiary/aromatic N) is 3. The molecule has 0 atom stereocenters. The van der Waals surface area contributed by atoms with Crippen LogP contribution in [-0.2, 0) is 11.3 Å². The van der Waals surface area contributed by atoms with Crippen molar-refractivity contribution in [3.8, 4) is 0 Å². The number of amides is 1. The number of likely N-dealkylation sites (N-methyl/N-ethyl adjacent to an activating group) is 1. The molecule has 138 valence electrons. The summed E-state index contributed by atoms with van der Waals surface area (Å²) in [4.78, 5) is 22.2. The molecule has 0 bridgehead atoms. The maximum Gasteiger partial charge on any atom is 0.243 e. The molecule has 0 saturated carbocycles. The fraction of sp³-hybridized carbons (Fsp3) is 0.667. The van der Waals surface area contributed by atoms with Gasteiger partial charge in [-0.1, -0.05) is 13.8 Å². The van der Waals surface area contributed by atoms with Crippen LogP contribution < -0.4 is 10.6 Å². The van der Waals surface area contributed by atoms with E-state index in [1.165, 1.54) is 0 Å². The number of carbonyl (C=O) groups excluding carboxylic acids is 1. The molecular formula is C15H28IN5OS2. The molecule has 0 aliphatic rings. The summed E-state index contributed by atoms with van der Waals surface area (Å²) in [5, 5.41) is 9.60. The summed E-state index contributed by atoms with van der Waals surface area (Å²) in [6.45, 7) is 5.82. The Hall–Kier alpha value is -0.550. The number of aliphatic imine (C=N–C) groups is 1. The molecule has 9 heteroatoms. The van der Waals surface area contributed by atoms with E-state index in [-0.39, 0.29) is 36.4 Å². The molecule has 0 aliphatic carbocycles. The van der Waals surface area contributed by atoms with Gasteiger partial charge in [0.1, 0.15) is 11.6 Å². The topological polar surface area (TPSA) is 69.6 Å². The zero-order valence-corrected chi connectivity index (χ0v) is 18.9. The monoisotopic (exact) mass is 485 g/mol. The van der Waals surface area contributed by atoms with Crippen molar-refractivity contribution in [3.05, 3.63) is 16.1 Å². The Kier molecular flexibility index (Phi) is 12.5. The van der Waals surface area contributed by atoms with Gasteiger partial charge < -0.3 is 15.5 Å². The minimum absolute atomic E-state index is 0. The first-order valence-corrected chi connectivity index (χ1v) is 9.87. The predicted octanol–water partition coefficient (Wildman–Crippen LogP) is 2.37. The molecule has 2 N–H and O–H groups in total. The number of carbonyl (C=O) groups is 1. The van der Waals surface area contributed by atoms with E-state index in [0.29, 0.717) is 18.4 Å². The first kappa shape index (κ1) is 23.4. The summed E-state index contributed by atoms with van der Waals surface area (Å²) < 4.78 is 0. The third kappa shape index (κ3) is 9.07. The summed E-state index contributed by atoms with van der Waals surface area (Å²) in [5.74, 6) is 2.05. The number of thiazole rings is 1. The Labute approximate surface area is 170 Å². The Morgan fingerprint density at radius 3 is 2.67 bits per heavy atom. The van der Waals surface area contributed by atoms with Crippen LogP contribution in [0.5, 0.6) is 0 Å². The summed E-state index contributed by atoms with van der Waals surface area (Å²) in [5.41, 5.74) is 1.11. The van der Waals surface area contributed by atoms with Gasteiger partial charge in [-0.2, -0.15) is 11.8 Å². The van der Waals surface area contributed by atoms with Crippen molar-refractivity contribution in [2.24, 2.45) is 4.99 Å². The zero-order valence-electron chi connectivity index (χ0n) is 15.0. The van der Waals surface area contributed by atoms with Crippen LogP contribution in [0.25, 0.3) is 0 Å². The standard InChI is InChI=1S/C15H27N5OS2.HI/c1-11(2)12-10-23-13(19-12)8-17-15(16-6-7-22-5)18-9-14(21)20(3)4;/h10-11H,6-9H2,1-5H3,(H2,16,17,18);1H. The maximum absolute atomic E-state index is 11.7. The number of nitrogens with one attached hydrogen (secondary N) is 2. The van der Waals surface area contributed by atoms with E-state index in [2.05, 4.69) is 46.1 Å². The molecule has 0 spiro atoms. The molecule has 0 unspecified atom stereocenters. The van der Waals surface area contributed by atoms with Crippen LogP contribution in [0, 0.1) is 0 Å². The normalized spacial score (nSPS) is 11.2.